The maximum atomic E-state index is 15.2. The number of hydrogen-bond acceptors (Lipinski definition) is 5. The lowest BCUT2D eigenvalue weighted by Gasteiger charge is -2.44. The Morgan fingerprint density at radius 3 is 2.76 bits per heavy atom. The molecule has 0 saturated heterocycles. The lowest BCUT2D eigenvalue weighted by Crippen LogP contribution is -2.51. The third-order valence-corrected chi connectivity index (χ3v) is 8.45. The molecule has 3 N–H and O–H groups in total. The van der Waals surface area contributed by atoms with Crippen LogP contribution in [-0.2, 0) is 5.54 Å². The SMILES string of the molecule is C[C@@H]1CC[C@@]1(N)c1ncc(-c2ccc3nc4n(c3c2)[C@@H]2C[C@H]4NC(=O)c3cccc(OC(F)F)c32)cc1F. The number of rotatable bonds is 4. The Balaban J connectivity index is 1.35. The van der Waals surface area contributed by atoms with Gasteiger partial charge < -0.3 is 20.4 Å². The fourth-order valence-electron chi connectivity index (χ4n) is 6.22. The van der Waals surface area contributed by atoms with E-state index in [-0.39, 0.29) is 23.3 Å². The van der Waals surface area contributed by atoms with Crippen LogP contribution in [0.5, 0.6) is 5.75 Å². The van der Waals surface area contributed by atoms with Gasteiger partial charge in [0.05, 0.1) is 34.3 Å². The number of nitrogens with one attached hydrogen (secondary N) is 1. The number of benzene rings is 2. The molecule has 4 heterocycles. The lowest BCUT2D eigenvalue weighted by molar-refractivity contribution is -0.0507. The number of imidazole rings is 1. The predicted octanol–water partition coefficient (Wildman–Crippen LogP) is 5.20. The quantitative estimate of drug-likeness (QED) is 0.387. The van der Waals surface area contributed by atoms with E-state index >= 15 is 4.39 Å². The van der Waals surface area contributed by atoms with Crippen molar-refractivity contribution >= 4 is 16.9 Å². The molecule has 38 heavy (non-hydrogen) atoms. The zero-order chi connectivity index (χ0) is 26.3. The van der Waals surface area contributed by atoms with Crippen molar-refractivity contribution in [2.24, 2.45) is 11.7 Å². The zero-order valence-electron chi connectivity index (χ0n) is 20.4. The van der Waals surface area contributed by atoms with E-state index in [1.165, 1.54) is 18.2 Å². The van der Waals surface area contributed by atoms with Crippen LogP contribution in [-0.4, -0.2) is 27.1 Å². The Bertz CT molecular complexity index is 1640. The van der Waals surface area contributed by atoms with Crippen LogP contribution in [0.2, 0.25) is 0 Å². The number of amides is 1. The third kappa shape index (κ3) is 3.22. The molecule has 10 heteroatoms. The average Bonchev–Trinajstić information content (AvgIpc) is 3.39. The number of alkyl halides is 2. The molecule has 0 spiro atoms. The zero-order valence-corrected chi connectivity index (χ0v) is 20.4. The lowest BCUT2D eigenvalue weighted by atomic mass is 9.66. The summed E-state index contributed by atoms with van der Waals surface area (Å²) in [7, 11) is 0. The van der Waals surface area contributed by atoms with Crippen molar-refractivity contribution in [3.63, 3.8) is 0 Å². The summed E-state index contributed by atoms with van der Waals surface area (Å²) < 4.78 is 48.5. The first-order chi connectivity index (χ1) is 18.2. The number of nitrogens with zero attached hydrogens (tertiary/aromatic N) is 3. The van der Waals surface area contributed by atoms with Crippen molar-refractivity contribution < 1.29 is 22.7 Å². The van der Waals surface area contributed by atoms with Gasteiger partial charge in [-0.3, -0.25) is 9.78 Å². The van der Waals surface area contributed by atoms with Gasteiger partial charge in [0.25, 0.3) is 5.91 Å². The Labute approximate surface area is 215 Å². The van der Waals surface area contributed by atoms with Gasteiger partial charge in [0, 0.05) is 22.9 Å². The summed E-state index contributed by atoms with van der Waals surface area (Å²) in [6.07, 6.45) is 3.72. The van der Waals surface area contributed by atoms with Gasteiger partial charge in [-0.15, -0.1) is 0 Å². The molecule has 2 aromatic carbocycles. The second-order valence-corrected chi connectivity index (χ2v) is 10.5. The number of nitrogens with two attached hydrogens (primary N) is 1. The van der Waals surface area contributed by atoms with E-state index in [2.05, 4.69) is 10.3 Å². The molecule has 1 saturated carbocycles. The number of carbonyl (C=O) groups is 1. The summed E-state index contributed by atoms with van der Waals surface area (Å²) in [4.78, 5) is 22.1. The van der Waals surface area contributed by atoms with Crippen LogP contribution in [0.3, 0.4) is 0 Å². The van der Waals surface area contributed by atoms with E-state index in [0.717, 1.165) is 17.5 Å². The van der Waals surface area contributed by atoms with Gasteiger partial charge in [-0.2, -0.15) is 8.78 Å². The Kier molecular flexibility index (Phi) is 4.91. The smallest absolute Gasteiger partial charge is 0.387 e. The van der Waals surface area contributed by atoms with Gasteiger partial charge in [-0.05, 0) is 61.1 Å². The topological polar surface area (TPSA) is 95.1 Å². The van der Waals surface area contributed by atoms with E-state index in [1.54, 1.807) is 12.3 Å². The van der Waals surface area contributed by atoms with Gasteiger partial charge in [0.1, 0.15) is 17.4 Å². The Hall–Kier alpha value is -3.92. The van der Waals surface area contributed by atoms with Crippen molar-refractivity contribution in [1.82, 2.24) is 19.9 Å². The molecular weight excluding hydrogens is 495 g/mol. The first-order valence-electron chi connectivity index (χ1n) is 12.6. The maximum absolute atomic E-state index is 15.2. The van der Waals surface area contributed by atoms with Gasteiger partial charge in [0.2, 0.25) is 0 Å². The number of carbonyl (C=O) groups excluding carboxylic acids is 1. The minimum absolute atomic E-state index is 0.0352. The van der Waals surface area contributed by atoms with Crippen molar-refractivity contribution in [2.45, 2.75) is 50.4 Å². The third-order valence-electron chi connectivity index (χ3n) is 8.45. The largest absolute Gasteiger partial charge is 0.434 e. The number of halogens is 3. The standard InChI is InChI=1S/C28H24F3N5O2/c1-13-7-8-28(13,32)24-17(29)9-15(12-33-24)14-5-6-18-20(10-14)36-21-11-19(25(36)34-18)35-26(37)16-3-2-4-22(23(16)21)38-27(30)31/h2-6,9-10,12-13,19,21,27H,7-8,11,32H2,1H3,(H,35,37)/t13-,19-,21-,28+/m1/s1. The van der Waals surface area contributed by atoms with Gasteiger partial charge >= 0.3 is 6.61 Å². The van der Waals surface area contributed by atoms with E-state index in [1.807, 2.05) is 29.7 Å². The highest BCUT2D eigenvalue weighted by molar-refractivity contribution is 5.98. The number of ether oxygens (including phenoxy) is 1. The van der Waals surface area contributed by atoms with E-state index in [0.29, 0.717) is 40.9 Å². The van der Waals surface area contributed by atoms with Crippen molar-refractivity contribution in [1.29, 1.82) is 0 Å². The van der Waals surface area contributed by atoms with Gasteiger partial charge in [-0.25, -0.2) is 9.37 Å². The molecule has 7 nitrogen and oxygen atoms in total. The normalized spacial score (nSPS) is 25.5. The highest BCUT2D eigenvalue weighted by atomic mass is 19.3. The molecule has 194 valence electrons. The number of pyridine rings is 1. The van der Waals surface area contributed by atoms with Crippen LogP contribution in [0.4, 0.5) is 13.2 Å². The Morgan fingerprint density at radius 2 is 2.05 bits per heavy atom. The van der Waals surface area contributed by atoms with Crippen LogP contribution in [0, 0.1) is 11.7 Å². The molecule has 7 rings (SSSR count). The molecule has 0 radical (unpaired) electrons. The molecule has 2 aliphatic heterocycles. The Morgan fingerprint density at radius 1 is 1.21 bits per heavy atom. The van der Waals surface area contributed by atoms with Crippen LogP contribution in [0.15, 0.2) is 48.7 Å². The molecule has 4 aromatic rings. The average molecular weight is 520 g/mol. The van der Waals surface area contributed by atoms with Crippen molar-refractivity contribution in [2.75, 3.05) is 0 Å². The summed E-state index contributed by atoms with van der Waals surface area (Å²) in [5, 5.41) is 2.98. The number of hydrogen-bond donors (Lipinski definition) is 2. The summed E-state index contributed by atoms with van der Waals surface area (Å²) >= 11 is 0. The van der Waals surface area contributed by atoms with E-state index in [4.69, 9.17) is 15.5 Å². The molecule has 1 amide bonds. The number of fused-ring (bicyclic) bond motifs is 9. The molecule has 2 bridgehead atoms. The van der Waals surface area contributed by atoms with Crippen molar-refractivity contribution in [3.05, 3.63) is 77.1 Å². The fourth-order valence-corrected chi connectivity index (χ4v) is 6.22. The molecule has 3 aliphatic rings. The molecule has 1 fully saturated rings. The monoisotopic (exact) mass is 519 g/mol. The van der Waals surface area contributed by atoms with Gasteiger partial charge in [0.15, 0.2) is 0 Å². The second-order valence-electron chi connectivity index (χ2n) is 10.5. The van der Waals surface area contributed by atoms with Crippen LogP contribution < -0.4 is 15.8 Å². The highest BCUT2D eigenvalue weighted by Crippen LogP contribution is 2.48. The predicted molar refractivity (Wildman–Crippen MR) is 133 cm³/mol. The fraction of sp³-hybridized carbons (Fsp3) is 0.321. The van der Waals surface area contributed by atoms with E-state index in [9.17, 15) is 13.6 Å². The molecule has 4 atom stereocenters. The second kappa shape index (κ2) is 8.04. The van der Waals surface area contributed by atoms with Crippen LogP contribution in [0.25, 0.3) is 22.2 Å². The summed E-state index contributed by atoms with van der Waals surface area (Å²) in [6.45, 7) is -1.03. The molecular formula is C28H24F3N5O2. The summed E-state index contributed by atoms with van der Waals surface area (Å²) in [5.41, 5.74) is 9.41. The number of aromatic nitrogens is 3. The maximum Gasteiger partial charge on any atom is 0.387 e. The molecule has 0 unspecified atom stereocenters. The van der Waals surface area contributed by atoms with Crippen LogP contribution >= 0.6 is 0 Å². The summed E-state index contributed by atoms with van der Waals surface area (Å²) in [6, 6.07) is 10.8. The van der Waals surface area contributed by atoms with Crippen LogP contribution in [0.1, 0.15) is 65.7 Å². The summed E-state index contributed by atoms with van der Waals surface area (Å²) in [5.74, 6) is -0.0327. The minimum Gasteiger partial charge on any atom is -0.434 e. The highest BCUT2D eigenvalue weighted by Gasteiger charge is 2.45. The molecule has 1 aliphatic carbocycles. The molecule has 2 aromatic heterocycles. The first-order valence-corrected chi connectivity index (χ1v) is 12.6. The minimum atomic E-state index is -3.03. The first kappa shape index (κ1) is 23.2. The van der Waals surface area contributed by atoms with Gasteiger partial charge in [-0.1, -0.05) is 19.1 Å². The van der Waals surface area contributed by atoms with E-state index < -0.39 is 30.1 Å². The van der Waals surface area contributed by atoms with Crippen molar-refractivity contribution in [3.8, 4) is 16.9 Å².